The lowest BCUT2D eigenvalue weighted by Gasteiger charge is -2.34. The summed E-state index contributed by atoms with van der Waals surface area (Å²) in [5.41, 5.74) is 5.16. The van der Waals surface area contributed by atoms with Gasteiger partial charge < -0.3 is 9.88 Å². The summed E-state index contributed by atoms with van der Waals surface area (Å²) < 4.78 is 0. The van der Waals surface area contributed by atoms with E-state index in [0.717, 1.165) is 42.8 Å². The Morgan fingerprint density at radius 3 is 2.36 bits per heavy atom. The molecule has 1 aliphatic rings. The Kier molecular flexibility index (Phi) is 4.99. The topological polar surface area (TPSA) is 59.9 Å². The summed E-state index contributed by atoms with van der Waals surface area (Å²) in [4.78, 5) is 17.0. The molecule has 140 valence electrons. The third-order valence-electron chi connectivity index (χ3n) is 5.67. The summed E-state index contributed by atoms with van der Waals surface area (Å²) in [5.74, 6) is 0.643. The molecule has 0 radical (unpaired) electrons. The Balaban J connectivity index is 1.49. The smallest absolute Gasteiger partial charge is 0.266 e. The van der Waals surface area contributed by atoms with Crippen LogP contribution in [-0.2, 0) is 0 Å². The van der Waals surface area contributed by atoms with Crippen molar-refractivity contribution in [3.05, 3.63) is 87.8 Å². The molecule has 4 heteroatoms. The molecule has 0 unspecified atom stereocenters. The maximum Gasteiger partial charge on any atom is 0.266 e. The third-order valence-corrected chi connectivity index (χ3v) is 5.67. The fourth-order valence-corrected chi connectivity index (χ4v) is 4.05. The molecular weight excluding hydrogens is 346 g/mol. The largest absolute Gasteiger partial charge is 0.371 e. The van der Waals surface area contributed by atoms with Crippen molar-refractivity contribution >= 4 is 5.69 Å². The van der Waals surface area contributed by atoms with E-state index in [1.807, 2.05) is 13.0 Å². The van der Waals surface area contributed by atoms with E-state index in [4.69, 9.17) is 5.26 Å². The van der Waals surface area contributed by atoms with Gasteiger partial charge in [0.1, 0.15) is 11.6 Å². The van der Waals surface area contributed by atoms with Gasteiger partial charge in [-0.2, -0.15) is 5.26 Å². The zero-order valence-corrected chi connectivity index (χ0v) is 16.0. The van der Waals surface area contributed by atoms with Gasteiger partial charge in [-0.05, 0) is 55.0 Å². The molecule has 2 heterocycles. The fourth-order valence-electron chi connectivity index (χ4n) is 4.05. The highest BCUT2D eigenvalue weighted by Crippen LogP contribution is 2.31. The van der Waals surface area contributed by atoms with Crippen molar-refractivity contribution in [1.29, 1.82) is 5.26 Å². The minimum absolute atomic E-state index is 0.146. The van der Waals surface area contributed by atoms with E-state index in [9.17, 15) is 4.79 Å². The quantitative estimate of drug-likeness (QED) is 0.734. The number of piperidine rings is 1. The summed E-state index contributed by atoms with van der Waals surface area (Å²) in [6, 6.07) is 22.8. The number of pyridine rings is 1. The molecule has 4 rings (SSSR count). The van der Waals surface area contributed by atoms with Crippen LogP contribution in [0.3, 0.4) is 0 Å². The summed E-state index contributed by atoms with van der Waals surface area (Å²) in [6.45, 7) is 3.96. The molecule has 0 aliphatic carbocycles. The highest BCUT2D eigenvalue weighted by atomic mass is 16.1. The highest BCUT2D eigenvalue weighted by molar-refractivity contribution is 5.69. The van der Waals surface area contributed by atoms with Gasteiger partial charge in [0.2, 0.25) is 0 Å². The molecule has 3 aromatic rings. The van der Waals surface area contributed by atoms with Crippen LogP contribution in [0.5, 0.6) is 0 Å². The van der Waals surface area contributed by atoms with Crippen molar-refractivity contribution < 1.29 is 0 Å². The van der Waals surface area contributed by atoms with Crippen molar-refractivity contribution in [1.82, 2.24) is 4.98 Å². The van der Waals surface area contributed by atoms with Gasteiger partial charge in [0, 0.05) is 30.0 Å². The number of hydrogen-bond donors (Lipinski definition) is 1. The molecule has 1 fully saturated rings. The molecule has 0 atom stereocenters. The molecular formula is C24H23N3O. The number of nitriles is 1. The monoisotopic (exact) mass is 369 g/mol. The lowest BCUT2D eigenvalue weighted by molar-refractivity contribution is 0.505. The lowest BCUT2D eigenvalue weighted by atomic mass is 9.89. The number of aromatic amines is 1. The second kappa shape index (κ2) is 7.74. The van der Waals surface area contributed by atoms with Crippen molar-refractivity contribution in [2.24, 2.45) is 0 Å². The first-order valence-electron chi connectivity index (χ1n) is 9.70. The van der Waals surface area contributed by atoms with E-state index >= 15 is 0 Å². The van der Waals surface area contributed by atoms with E-state index < -0.39 is 0 Å². The van der Waals surface area contributed by atoms with Crippen molar-refractivity contribution in [3.63, 3.8) is 0 Å². The zero-order chi connectivity index (χ0) is 19.5. The third kappa shape index (κ3) is 3.57. The van der Waals surface area contributed by atoms with Gasteiger partial charge in [-0.25, -0.2) is 0 Å². The van der Waals surface area contributed by atoms with Gasteiger partial charge in [0.15, 0.2) is 0 Å². The fraction of sp³-hybridized carbons (Fsp3) is 0.250. The Bertz CT molecular complexity index is 1050. The Morgan fingerprint density at radius 2 is 1.71 bits per heavy atom. The van der Waals surface area contributed by atoms with Gasteiger partial charge in [-0.1, -0.05) is 42.5 Å². The number of anilines is 1. The second-order valence-electron chi connectivity index (χ2n) is 7.38. The van der Waals surface area contributed by atoms with E-state index in [0.29, 0.717) is 5.92 Å². The molecule has 1 N–H and O–H groups in total. The molecule has 4 nitrogen and oxygen atoms in total. The maximum atomic E-state index is 11.8. The van der Waals surface area contributed by atoms with E-state index in [1.54, 1.807) is 6.07 Å². The van der Waals surface area contributed by atoms with Crippen LogP contribution in [0.25, 0.3) is 11.1 Å². The predicted molar refractivity (Wildman–Crippen MR) is 113 cm³/mol. The average Bonchev–Trinajstić information content (AvgIpc) is 2.75. The van der Waals surface area contributed by atoms with Crippen LogP contribution in [0.2, 0.25) is 0 Å². The van der Waals surface area contributed by atoms with E-state index in [-0.39, 0.29) is 11.1 Å². The predicted octanol–water partition coefficient (Wildman–Crippen LogP) is 4.61. The highest BCUT2D eigenvalue weighted by Gasteiger charge is 2.20. The molecule has 0 saturated carbocycles. The van der Waals surface area contributed by atoms with Gasteiger partial charge in [0.05, 0.1) is 0 Å². The van der Waals surface area contributed by atoms with Gasteiger partial charge >= 0.3 is 0 Å². The number of hydrogen-bond acceptors (Lipinski definition) is 3. The molecule has 28 heavy (non-hydrogen) atoms. The minimum Gasteiger partial charge on any atom is -0.371 e. The van der Waals surface area contributed by atoms with Crippen molar-refractivity contribution in [2.75, 3.05) is 18.0 Å². The normalized spacial score (nSPS) is 14.6. The SMILES string of the molecule is Cc1[nH]c(=O)c(C#N)cc1-c1ccc(N2CCC(c3ccccc3)CC2)cc1. The number of nitrogens with one attached hydrogen (secondary N) is 1. The van der Waals surface area contributed by atoms with Crippen LogP contribution >= 0.6 is 0 Å². The number of aromatic nitrogens is 1. The van der Waals surface area contributed by atoms with E-state index in [2.05, 4.69) is 64.5 Å². The molecule has 1 aliphatic heterocycles. The maximum absolute atomic E-state index is 11.8. The molecule has 0 spiro atoms. The number of aryl methyl sites for hydroxylation is 1. The minimum atomic E-state index is -0.332. The molecule has 0 bridgehead atoms. The van der Waals surface area contributed by atoms with Crippen LogP contribution < -0.4 is 10.5 Å². The van der Waals surface area contributed by atoms with Gasteiger partial charge in [-0.15, -0.1) is 0 Å². The molecule has 0 amide bonds. The average molecular weight is 369 g/mol. The van der Waals surface area contributed by atoms with Crippen LogP contribution in [0.1, 0.15) is 35.6 Å². The summed E-state index contributed by atoms with van der Waals surface area (Å²) in [5, 5.41) is 9.12. The Morgan fingerprint density at radius 1 is 1.04 bits per heavy atom. The lowest BCUT2D eigenvalue weighted by Crippen LogP contribution is -2.32. The van der Waals surface area contributed by atoms with Gasteiger partial charge in [-0.3, -0.25) is 4.79 Å². The summed E-state index contributed by atoms with van der Waals surface area (Å²) in [6.07, 6.45) is 2.33. The van der Waals surface area contributed by atoms with E-state index in [1.165, 1.54) is 11.3 Å². The molecule has 1 aromatic heterocycles. The van der Waals surface area contributed by atoms with Crippen LogP contribution in [0.15, 0.2) is 65.5 Å². The summed E-state index contributed by atoms with van der Waals surface area (Å²) in [7, 11) is 0. The number of nitrogens with zero attached hydrogens (tertiary/aromatic N) is 2. The van der Waals surface area contributed by atoms with Crippen molar-refractivity contribution in [2.45, 2.75) is 25.7 Å². The Hall–Kier alpha value is -3.32. The van der Waals surface area contributed by atoms with Gasteiger partial charge in [0.25, 0.3) is 5.56 Å². The molecule has 2 aromatic carbocycles. The molecule has 1 saturated heterocycles. The standard InChI is InChI=1S/C24H23N3O/c1-17-23(15-21(16-25)24(28)26-17)20-7-9-22(10-8-20)27-13-11-19(12-14-27)18-5-3-2-4-6-18/h2-10,15,19H,11-14H2,1H3,(H,26,28). The summed E-state index contributed by atoms with van der Waals surface area (Å²) >= 11 is 0. The van der Waals surface area contributed by atoms with Crippen LogP contribution in [0.4, 0.5) is 5.69 Å². The van der Waals surface area contributed by atoms with Crippen LogP contribution in [0, 0.1) is 18.3 Å². The first kappa shape index (κ1) is 18.1. The Labute approximate surface area is 165 Å². The first-order valence-corrected chi connectivity index (χ1v) is 9.70. The number of benzene rings is 2. The number of H-pyrrole nitrogens is 1. The second-order valence-corrected chi connectivity index (χ2v) is 7.38. The zero-order valence-electron chi connectivity index (χ0n) is 16.0. The first-order chi connectivity index (χ1) is 13.7. The van der Waals surface area contributed by atoms with Crippen molar-refractivity contribution in [3.8, 4) is 17.2 Å². The number of rotatable bonds is 3. The van der Waals surface area contributed by atoms with Crippen LogP contribution in [-0.4, -0.2) is 18.1 Å².